The number of aliphatic hydroxyl groups is 1. The minimum Gasteiger partial charge on any atom is -0.506 e. The maximum atomic E-state index is 14.4. The summed E-state index contributed by atoms with van der Waals surface area (Å²) in [4.78, 5) is 14.8. The molecule has 0 saturated carbocycles. The predicted molar refractivity (Wildman–Crippen MR) is 88.3 cm³/mol. The van der Waals surface area contributed by atoms with E-state index in [1.165, 1.54) is 19.1 Å². The second kappa shape index (κ2) is 7.48. The summed E-state index contributed by atoms with van der Waals surface area (Å²) in [6.45, 7) is 4.23. The number of carboxylic acids is 1. The summed E-state index contributed by atoms with van der Waals surface area (Å²) in [5.74, 6) is -2.01. The van der Waals surface area contributed by atoms with Crippen LogP contribution in [0.15, 0.2) is 18.2 Å². The van der Waals surface area contributed by atoms with Gasteiger partial charge in [0.05, 0.1) is 6.10 Å². The Bertz CT molecular complexity index is 805. The van der Waals surface area contributed by atoms with Crippen molar-refractivity contribution in [1.82, 2.24) is 4.98 Å². The number of hydrogen-bond acceptors (Lipinski definition) is 5. The topological polar surface area (TPSA) is 99.9 Å². The van der Waals surface area contributed by atoms with Crippen LogP contribution in [0, 0.1) is 19.7 Å². The van der Waals surface area contributed by atoms with Gasteiger partial charge in [-0.3, -0.25) is 4.98 Å². The first-order chi connectivity index (χ1) is 11.7. The van der Waals surface area contributed by atoms with Gasteiger partial charge in [-0.05, 0) is 55.7 Å². The van der Waals surface area contributed by atoms with Gasteiger partial charge in [0.2, 0.25) is 0 Å². The van der Waals surface area contributed by atoms with E-state index in [1.54, 1.807) is 19.9 Å². The maximum absolute atomic E-state index is 14.4. The van der Waals surface area contributed by atoms with Crippen LogP contribution in [0.3, 0.4) is 0 Å². The number of halogens is 1. The van der Waals surface area contributed by atoms with Crippen LogP contribution in [0.1, 0.15) is 41.1 Å². The van der Waals surface area contributed by atoms with Crippen molar-refractivity contribution in [1.29, 1.82) is 0 Å². The van der Waals surface area contributed by atoms with Crippen molar-refractivity contribution in [3.63, 3.8) is 0 Å². The molecule has 0 spiro atoms. The van der Waals surface area contributed by atoms with E-state index in [1.807, 2.05) is 0 Å². The highest BCUT2D eigenvalue weighted by Crippen LogP contribution is 2.29. The summed E-state index contributed by atoms with van der Waals surface area (Å²) in [5, 5.41) is 28.0. The first-order valence-corrected chi connectivity index (χ1v) is 7.70. The molecule has 7 heteroatoms. The first-order valence-electron chi connectivity index (χ1n) is 7.70. The van der Waals surface area contributed by atoms with E-state index in [2.05, 4.69) is 4.98 Å². The van der Waals surface area contributed by atoms with Gasteiger partial charge in [-0.1, -0.05) is 0 Å². The van der Waals surface area contributed by atoms with Crippen LogP contribution >= 0.6 is 0 Å². The van der Waals surface area contributed by atoms with E-state index in [-0.39, 0.29) is 17.2 Å². The van der Waals surface area contributed by atoms with Crippen LogP contribution < -0.4 is 4.74 Å². The highest BCUT2D eigenvalue weighted by molar-refractivity contribution is 5.68. The third-order valence-corrected chi connectivity index (χ3v) is 3.89. The quantitative estimate of drug-likeness (QED) is 0.741. The molecule has 1 aromatic heterocycles. The largest absolute Gasteiger partial charge is 0.506 e. The summed E-state index contributed by atoms with van der Waals surface area (Å²) in [7, 11) is 0. The van der Waals surface area contributed by atoms with Crippen LogP contribution in [0.2, 0.25) is 0 Å². The molecule has 0 fully saturated rings. The molecular formula is C18H20FNO5. The minimum atomic E-state index is -1.18. The van der Waals surface area contributed by atoms with Crippen LogP contribution in [0.4, 0.5) is 4.39 Å². The molecule has 1 heterocycles. The van der Waals surface area contributed by atoms with Gasteiger partial charge < -0.3 is 20.1 Å². The van der Waals surface area contributed by atoms with Gasteiger partial charge in [0.15, 0.2) is 18.2 Å². The molecule has 0 aliphatic rings. The molecule has 134 valence electrons. The SMILES string of the molecule is Cc1cc(OCC(=O)O)c(F)c(C)c1Cc1ccc(O)c(C(C)O)n1. The van der Waals surface area contributed by atoms with Crippen LogP contribution in [0.25, 0.3) is 0 Å². The van der Waals surface area contributed by atoms with Gasteiger partial charge >= 0.3 is 5.97 Å². The number of aliphatic carboxylic acids is 1. The number of rotatable bonds is 6. The third-order valence-electron chi connectivity index (χ3n) is 3.89. The number of nitrogens with zero attached hydrogens (tertiary/aromatic N) is 1. The van der Waals surface area contributed by atoms with Crippen molar-refractivity contribution in [2.45, 2.75) is 33.3 Å². The van der Waals surface area contributed by atoms with E-state index in [4.69, 9.17) is 9.84 Å². The number of aliphatic hydroxyl groups excluding tert-OH is 1. The second-order valence-electron chi connectivity index (χ2n) is 5.85. The Hall–Kier alpha value is -2.67. The summed E-state index contributed by atoms with van der Waals surface area (Å²) < 4.78 is 19.4. The molecule has 0 aliphatic carbocycles. The molecular weight excluding hydrogens is 329 g/mol. The van der Waals surface area contributed by atoms with E-state index >= 15 is 0 Å². The van der Waals surface area contributed by atoms with Crippen molar-refractivity contribution in [3.8, 4) is 11.5 Å². The molecule has 0 amide bonds. The molecule has 6 nitrogen and oxygen atoms in total. The number of aromatic nitrogens is 1. The van der Waals surface area contributed by atoms with Crippen molar-refractivity contribution >= 4 is 5.97 Å². The van der Waals surface area contributed by atoms with Gasteiger partial charge in [-0.2, -0.15) is 0 Å². The first kappa shape index (κ1) is 18.7. The number of aryl methyl sites for hydroxylation is 1. The third kappa shape index (κ3) is 4.24. The monoisotopic (exact) mass is 349 g/mol. The molecule has 1 aromatic carbocycles. The normalized spacial score (nSPS) is 12.0. The number of hydrogen-bond donors (Lipinski definition) is 3. The molecule has 2 rings (SSSR count). The summed E-state index contributed by atoms with van der Waals surface area (Å²) in [6.07, 6.45) is -0.626. The van der Waals surface area contributed by atoms with Crippen LogP contribution in [0.5, 0.6) is 11.5 Å². The van der Waals surface area contributed by atoms with Gasteiger partial charge in [0.1, 0.15) is 11.4 Å². The molecule has 1 unspecified atom stereocenters. The number of aromatic hydroxyl groups is 1. The summed E-state index contributed by atoms with van der Waals surface area (Å²) >= 11 is 0. The molecule has 2 aromatic rings. The number of carboxylic acid groups (broad SMARTS) is 1. The smallest absolute Gasteiger partial charge is 0.341 e. The molecule has 0 radical (unpaired) electrons. The standard InChI is InChI=1S/C18H20FNO5/c1-9-6-15(25-8-16(23)24)17(19)10(2)13(9)7-12-4-5-14(22)18(20-12)11(3)21/h4-6,11,21-22H,7-8H2,1-3H3,(H,23,24). The van der Waals surface area contributed by atoms with E-state index in [0.717, 1.165) is 5.56 Å². The van der Waals surface area contributed by atoms with E-state index in [0.29, 0.717) is 23.2 Å². The number of ether oxygens (including phenoxy) is 1. The summed E-state index contributed by atoms with van der Waals surface area (Å²) in [6, 6.07) is 4.50. The zero-order chi connectivity index (χ0) is 18.7. The zero-order valence-corrected chi connectivity index (χ0v) is 14.2. The number of benzene rings is 1. The Balaban J connectivity index is 2.36. The van der Waals surface area contributed by atoms with Crippen molar-refractivity contribution in [3.05, 3.63) is 52.1 Å². The lowest BCUT2D eigenvalue weighted by molar-refractivity contribution is -0.139. The minimum absolute atomic E-state index is 0.101. The Morgan fingerprint density at radius 2 is 2.04 bits per heavy atom. The maximum Gasteiger partial charge on any atom is 0.341 e. The average molecular weight is 349 g/mol. The van der Waals surface area contributed by atoms with Gasteiger partial charge in [0, 0.05) is 12.1 Å². The number of carbonyl (C=O) groups is 1. The molecule has 3 N–H and O–H groups in total. The number of pyridine rings is 1. The molecule has 0 bridgehead atoms. The van der Waals surface area contributed by atoms with Gasteiger partial charge in [-0.15, -0.1) is 0 Å². The van der Waals surface area contributed by atoms with Crippen molar-refractivity contribution in [2.75, 3.05) is 6.61 Å². The lowest BCUT2D eigenvalue weighted by Gasteiger charge is -2.15. The predicted octanol–water partition coefficient (Wildman–Crippen LogP) is 2.65. The molecule has 0 saturated heterocycles. The van der Waals surface area contributed by atoms with Crippen LogP contribution in [-0.4, -0.2) is 32.9 Å². The second-order valence-corrected chi connectivity index (χ2v) is 5.85. The van der Waals surface area contributed by atoms with E-state index in [9.17, 15) is 19.4 Å². The fourth-order valence-corrected chi connectivity index (χ4v) is 2.57. The van der Waals surface area contributed by atoms with Crippen LogP contribution in [-0.2, 0) is 11.2 Å². The van der Waals surface area contributed by atoms with Crippen molar-refractivity contribution in [2.24, 2.45) is 0 Å². The molecule has 25 heavy (non-hydrogen) atoms. The lowest BCUT2D eigenvalue weighted by atomic mass is 9.97. The Kier molecular flexibility index (Phi) is 5.58. The van der Waals surface area contributed by atoms with Gasteiger partial charge in [-0.25, -0.2) is 9.18 Å². The highest BCUT2D eigenvalue weighted by Gasteiger charge is 2.17. The average Bonchev–Trinajstić information content (AvgIpc) is 2.54. The fraction of sp³-hybridized carbons (Fsp3) is 0.333. The Labute approximate surface area is 144 Å². The Morgan fingerprint density at radius 1 is 1.36 bits per heavy atom. The van der Waals surface area contributed by atoms with E-state index < -0.39 is 24.5 Å². The van der Waals surface area contributed by atoms with Crippen molar-refractivity contribution < 1.29 is 29.2 Å². The Morgan fingerprint density at radius 3 is 2.64 bits per heavy atom. The highest BCUT2D eigenvalue weighted by atomic mass is 19.1. The fourth-order valence-electron chi connectivity index (χ4n) is 2.57. The van der Waals surface area contributed by atoms with Gasteiger partial charge in [0.25, 0.3) is 0 Å². The zero-order valence-electron chi connectivity index (χ0n) is 14.2. The summed E-state index contributed by atoms with van der Waals surface area (Å²) in [5.41, 5.74) is 2.49. The molecule has 0 aliphatic heterocycles. The lowest BCUT2D eigenvalue weighted by Crippen LogP contribution is -2.12. The molecule has 1 atom stereocenters.